The van der Waals surface area contributed by atoms with Crippen molar-refractivity contribution in [3.63, 3.8) is 0 Å². The standard InChI is InChI=1S/C20H17BrN2O5S/c1-23-18(24)16(9-11-7-14(21)17(28-3)15(8-11)27-2)29-20(23)22-13-6-4-5-12(10-13)19(25)26/h4-10H,1-3H3,(H,25,26)/b16-9-,22-20?. The van der Waals surface area contributed by atoms with Crippen molar-refractivity contribution in [3.8, 4) is 11.5 Å². The Morgan fingerprint density at radius 1 is 1.24 bits per heavy atom. The Morgan fingerprint density at radius 2 is 2.00 bits per heavy atom. The third-order valence-electron chi connectivity index (χ3n) is 4.08. The molecule has 2 aromatic carbocycles. The van der Waals surface area contributed by atoms with E-state index in [4.69, 9.17) is 14.6 Å². The van der Waals surface area contributed by atoms with Crippen molar-refractivity contribution in [2.75, 3.05) is 21.3 Å². The van der Waals surface area contributed by atoms with Crippen molar-refractivity contribution in [2.24, 2.45) is 4.99 Å². The Balaban J connectivity index is 1.94. The fourth-order valence-electron chi connectivity index (χ4n) is 2.64. The van der Waals surface area contributed by atoms with Gasteiger partial charge in [0.15, 0.2) is 16.7 Å². The molecule has 1 aliphatic heterocycles. The molecular formula is C20H17BrN2O5S. The van der Waals surface area contributed by atoms with E-state index in [9.17, 15) is 9.59 Å². The monoisotopic (exact) mass is 476 g/mol. The zero-order valence-corrected chi connectivity index (χ0v) is 18.2. The normalized spacial score (nSPS) is 16.6. The molecule has 29 heavy (non-hydrogen) atoms. The number of halogens is 1. The Bertz CT molecular complexity index is 1050. The molecule has 0 radical (unpaired) electrons. The first kappa shape index (κ1) is 20.9. The maximum Gasteiger partial charge on any atom is 0.335 e. The molecule has 0 unspecified atom stereocenters. The number of likely N-dealkylation sites (N-methyl/N-ethyl adjacent to an activating group) is 1. The lowest BCUT2D eigenvalue weighted by atomic mass is 10.2. The minimum absolute atomic E-state index is 0.134. The van der Waals surface area contributed by atoms with E-state index < -0.39 is 5.97 Å². The van der Waals surface area contributed by atoms with Crippen LogP contribution in [0.4, 0.5) is 5.69 Å². The van der Waals surface area contributed by atoms with Crippen LogP contribution in [0.5, 0.6) is 11.5 Å². The summed E-state index contributed by atoms with van der Waals surface area (Å²) in [5.74, 6) is -0.126. The number of carboxylic acid groups (broad SMARTS) is 1. The first-order valence-corrected chi connectivity index (χ1v) is 9.96. The number of carbonyl (C=O) groups is 2. The van der Waals surface area contributed by atoms with Gasteiger partial charge in [0.05, 0.1) is 34.8 Å². The van der Waals surface area contributed by atoms with Crippen molar-refractivity contribution in [1.82, 2.24) is 4.90 Å². The van der Waals surface area contributed by atoms with E-state index in [1.807, 2.05) is 6.07 Å². The number of nitrogens with zero attached hydrogens (tertiary/aromatic N) is 2. The van der Waals surface area contributed by atoms with E-state index in [-0.39, 0.29) is 11.5 Å². The molecule has 0 bridgehead atoms. The second kappa shape index (κ2) is 8.71. The van der Waals surface area contributed by atoms with Crippen LogP contribution in [0.3, 0.4) is 0 Å². The predicted molar refractivity (Wildman–Crippen MR) is 116 cm³/mol. The lowest BCUT2D eigenvalue weighted by molar-refractivity contribution is -0.121. The first-order chi connectivity index (χ1) is 13.8. The van der Waals surface area contributed by atoms with Crippen LogP contribution in [0.25, 0.3) is 6.08 Å². The maximum atomic E-state index is 12.6. The summed E-state index contributed by atoms with van der Waals surface area (Å²) in [6.45, 7) is 0. The zero-order valence-electron chi connectivity index (χ0n) is 15.8. The number of carboxylic acids is 1. The quantitative estimate of drug-likeness (QED) is 0.643. The molecule has 1 heterocycles. The molecule has 0 spiro atoms. The number of hydrogen-bond acceptors (Lipinski definition) is 6. The van der Waals surface area contributed by atoms with Crippen molar-refractivity contribution < 1.29 is 24.2 Å². The molecule has 1 aliphatic rings. The summed E-state index contributed by atoms with van der Waals surface area (Å²) in [5, 5.41) is 9.58. The number of ether oxygens (including phenoxy) is 2. The number of thioether (sulfide) groups is 1. The van der Waals surface area contributed by atoms with Crippen LogP contribution in [-0.2, 0) is 4.79 Å². The molecule has 3 rings (SSSR count). The number of carbonyl (C=O) groups excluding carboxylic acids is 1. The lowest BCUT2D eigenvalue weighted by Crippen LogP contribution is -2.23. The van der Waals surface area contributed by atoms with E-state index in [0.717, 1.165) is 5.56 Å². The van der Waals surface area contributed by atoms with E-state index >= 15 is 0 Å². The smallest absolute Gasteiger partial charge is 0.335 e. The molecule has 0 saturated carbocycles. The highest BCUT2D eigenvalue weighted by Crippen LogP contribution is 2.39. The van der Waals surface area contributed by atoms with Gasteiger partial charge >= 0.3 is 5.97 Å². The number of aliphatic imine (C=N–C) groups is 1. The molecule has 1 fully saturated rings. The van der Waals surface area contributed by atoms with Crippen LogP contribution in [-0.4, -0.2) is 48.3 Å². The minimum Gasteiger partial charge on any atom is -0.493 e. The molecular weight excluding hydrogens is 460 g/mol. The summed E-state index contributed by atoms with van der Waals surface area (Å²) in [6, 6.07) is 9.85. The maximum absolute atomic E-state index is 12.6. The molecule has 0 atom stereocenters. The second-order valence-electron chi connectivity index (χ2n) is 5.96. The summed E-state index contributed by atoms with van der Waals surface area (Å²) in [6.07, 6.45) is 1.74. The second-order valence-corrected chi connectivity index (χ2v) is 7.83. The highest BCUT2D eigenvalue weighted by Gasteiger charge is 2.30. The van der Waals surface area contributed by atoms with Crippen LogP contribution < -0.4 is 9.47 Å². The largest absolute Gasteiger partial charge is 0.493 e. The van der Waals surface area contributed by atoms with E-state index in [0.29, 0.717) is 31.7 Å². The molecule has 0 aromatic heterocycles. The average molecular weight is 477 g/mol. The third kappa shape index (κ3) is 4.46. The van der Waals surface area contributed by atoms with Gasteiger partial charge in [-0.3, -0.25) is 9.69 Å². The summed E-state index contributed by atoms with van der Waals surface area (Å²) in [7, 11) is 4.72. The number of methoxy groups -OCH3 is 2. The van der Waals surface area contributed by atoms with Gasteiger partial charge < -0.3 is 14.6 Å². The topological polar surface area (TPSA) is 88.4 Å². The van der Waals surface area contributed by atoms with Gasteiger partial charge in [0.1, 0.15) is 0 Å². The minimum atomic E-state index is -1.03. The summed E-state index contributed by atoms with van der Waals surface area (Å²) in [5.41, 5.74) is 1.35. The molecule has 1 saturated heterocycles. The van der Waals surface area contributed by atoms with Gasteiger partial charge in [-0.25, -0.2) is 9.79 Å². The lowest BCUT2D eigenvalue weighted by Gasteiger charge is -2.10. The van der Waals surface area contributed by atoms with Crippen molar-refractivity contribution in [3.05, 3.63) is 56.9 Å². The van der Waals surface area contributed by atoms with Gasteiger partial charge in [-0.05, 0) is 69.7 Å². The first-order valence-electron chi connectivity index (χ1n) is 8.35. The zero-order chi connectivity index (χ0) is 21.1. The number of benzene rings is 2. The third-order valence-corrected chi connectivity index (χ3v) is 5.72. The summed E-state index contributed by atoms with van der Waals surface area (Å²) in [4.78, 5) is 30.1. The van der Waals surface area contributed by atoms with Crippen LogP contribution >= 0.6 is 27.7 Å². The van der Waals surface area contributed by atoms with Crippen LogP contribution in [0.1, 0.15) is 15.9 Å². The Morgan fingerprint density at radius 3 is 2.66 bits per heavy atom. The average Bonchev–Trinajstić information content (AvgIpc) is 2.95. The molecule has 1 amide bonds. The number of amidine groups is 1. The van der Waals surface area contributed by atoms with E-state index in [1.54, 1.807) is 45.5 Å². The van der Waals surface area contributed by atoms with Gasteiger partial charge in [-0.2, -0.15) is 0 Å². The van der Waals surface area contributed by atoms with Crippen LogP contribution in [0.15, 0.2) is 50.8 Å². The Labute approximate surface area is 180 Å². The van der Waals surface area contributed by atoms with Crippen LogP contribution in [0.2, 0.25) is 0 Å². The molecule has 150 valence electrons. The molecule has 9 heteroatoms. The fraction of sp³-hybridized carbons (Fsp3) is 0.150. The van der Waals surface area contributed by atoms with Gasteiger partial charge in [0, 0.05) is 7.05 Å². The van der Waals surface area contributed by atoms with Gasteiger partial charge in [-0.1, -0.05) is 6.07 Å². The number of hydrogen-bond donors (Lipinski definition) is 1. The number of rotatable bonds is 5. The highest BCUT2D eigenvalue weighted by atomic mass is 79.9. The van der Waals surface area contributed by atoms with Crippen molar-refractivity contribution >= 4 is 56.5 Å². The fourth-order valence-corrected chi connectivity index (χ4v) is 4.25. The summed E-state index contributed by atoms with van der Waals surface area (Å²) < 4.78 is 11.4. The molecule has 0 aliphatic carbocycles. The number of aromatic carboxylic acids is 1. The SMILES string of the molecule is COc1cc(/C=C2\SC(=Nc3cccc(C(=O)O)c3)N(C)C2=O)cc(Br)c1OC. The van der Waals surface area contributed by atoms with E-state index in [2.05, 4.69) is 20.9 Å². The van der Waals surface area contributed by atoms with Crippen LogP contribution in [0, 0.1) is 0 Å². The molecule has 1 N–H and O–H groups in total. The number of amides is 1. The van der Waals surface area contributed by atoms with Gasteiger partial charge in [0.25, 0.3) is 5.91 Å². The Kier molecular flexibility index (Phi) is 6.29. The van der Waals surface area contributed by atoms with E-state index in [1.165, 1.54) is 28.8 Å². The van der Waals surface area contributed by atoms with Crippen molar-refractivity contribution in [1.29, 1.82) is 0 Å². The predicted octanol–water partition coefficient (Wildman–Crippen LogP) is 4.40. The summed E-state index contributed by atoms with van der Waals surface area (Å²) >= 11 is 4.65. The Hall–Kier alpha value is -2.78. The highest BCUT2D eigenvalue weighted by molar-refractivity contribution is 9.10. The van der Waals surface area contributed by atoms with Gasteiger partial charge in [0.2, 0.25) is 0 Å². The van der Waals surface area contributed by atoms with Crippen molar-refractivity contribution in [2.45, 2.75) is 0 Å². The van der Waals surface area contributed by atoms with Gasteiger partial charge in [-0.15, -0.1) is 0 Å². The molecule has 2 aromatic rings. The molecule has 7 nitrogen and oxygen atoms in total.